The van der Waals surface area contributed by atoms with Crippen LogP contribution in [0.1, 0.15) is 32.4 Å². The zero-order valence-electron chi connectivity index (χ0n) is 14.0. The number of rotatable bonds is 8. The Morgan fingerprint density at radius 1 is 1.14 bits per heavy atom. The van der Waals surface area contributed by atoms with E-state index in [9.17, 15) is 0 Å². The van der Waals surface area contributed by atoms with Gasteiger partial charge < -0.3 is 16.0 Å². The van der Waals surface area contributed by atoms with Crippen LogP contribution < -0.4 is 11.1 Å². The van der Waals surface area contributed by atoms with Crippen molar-refractivity contribution in [3.8, 4) is 0 Å². The minimum absolute atomic E-state index is 0.813. The Labute approximate surface area is 133 Å². The molecule has 4 nitrogen and oxygen atoms in total. The number of nitrogens with two attached hydrogens (primary N) is 1. The van der Waals surface area contributed by atoms with Gasteiger partial charge in [0.05, 0.1) is 0 Å². The Bertz CT molecular complexity index is 605. The molecule has 0 amide bonds. The summed E-state index contributed by atoms with van der Waals surface area (Å²) in [5.41, 5.74) is 7.88. The number of nitrogens with one attached hydrogen (secondary N) is 1. The van der Waals surface area contributed by atoms with E-state index in [4.69, 9.17) is 5.73 Å². The zero-order chi connectivity index (χ0) is 15.9. The van der Waals surface area contributed by atoms with Crippen LogP contribution in [0.4, 0.5) is 11.5 Å². The highest BCUT2D eigenvalue weighted by atomic mass is 15.1. The molecule has 0 atom stereocenters. The van der Waals surface area contributed by atoms with Gasteiger partial charge in [-0.3, -0.25) is 0 Å². The van der Waals surface area contributed by atoms with Crippen LogP contribution in [0.2, 0.25) is 0 Å². The molecule has 0 aliphatic carbocycles. The smallest absolute Gasteiger partial charge is 0.134 e. The average Bonchev–Trinajstić information content (AvgIpc) is 2.52. The summed E-state index contributed by atoms with van der Waals surface area (Å²) in [6, 6.07) is 8.06. The quantitative estimate of drug-likeness (QED) is 0.577. The first-order valence-corrected chi connectivity index (χ1v) is 8.27. The molecule has 3 N–H and O–H groups in total. The minimum atomic E-state index is 0.813. The Morgan fingerprint density at radius 2 is 1.91 bits per heavy atom. The molecule has 2 aromatic rings. The molecule has 0 bridgehead atoms. The van der Waals surface area contributed by atoms with Crippen LogP contribution in [0.5, 0.6) is 0 Å². The van der Waals surface area contributed by atoms with E-state index in [0.29, 0.717) is 0 Å². The van der Waals surface area contributed by atoms with E-state index in [0.717, 1.165) is 54.0 Å². The summed E-state index contributed by atoms with van der Waals surface area (Å²) in [7, 11) is 0. The van der Waals surface area contributed by atoms with Crippen LogP contribution in [-0.2, 0) is 0 Å². The summed E-state index contributed by atoms with van der Waals surface area (Å²) < 4.78 is 0. The number of anilines is 2. The van der Waals surface area contributed by atoms with Crippen LogP contribution in [-0.4, -0.2) is 36.1 Å². The number of nitrogen functional groups attached to an aromatic ring is 1. The molecule has 0 saturated carbocycles. The number of fused-ring (bicyclic) bond motifs is 1. The van der Waals surface area contributed by atoms with Crippen LogP contribution in [0.15, 0.2) is 24.3 Å². The number of nitrogens with zero attached hydrogens (tertiary/aromatic N) is 2. The number of hydrogen-bond acceptors (Lipinski definition) is 4. The number of aromatic nitrogens is 1. The molecule has 2 rings (SSSR count). The van der Waals surface area contributed by atoms with E-state index in [1.165, 1.54) is 13.0 Å². The third kappa shape index (κ3) is 4.10. The summed E-state index contributed by atoms with van der Waals surface area (Å²) in [6.07, 6.45) is 2.36. The summed E-state index contributed by atoms with van der Waals surface area (Å²) in [6.45, 7) is 10.8. The van der Waals surface area contributed by atoms with Crippen molar-refractivity contribution in [2.45, 2.75) is 33.6 Å². The lowest BCUT2D eigenvalue weighted by atomic mass is 10.1. The predicted molar refractivity (Wildman–Crippen MR) is 96.4 cm³/mol. The third-order valence-corrected chi connectivity index (χ3v) is 4.12. The Kier molecular flexibility index (Phi) is 6.01. The fourth-order valence-corrected chi connectivity index (χ4v) is 2.77. The molecule has 0 unspecified atom stereocenters. The van der Waals surface area contributed by atoms with Gasteiger partial charge in [0.15, 0.2) is 0 Å². The largest absolute Gasteiger partial charge is 0.398 e. The SMILES string of the molecule is CCN(CC)CCCCNc1nc(C)cc2c(N)cccc12. The maximum absolute atomic E-state index is 6.07. The number of benzene rings is 1. The molecule has 1 heterocycles. The van der Waals surface area contributed by atoms with Crippen molar-refractivity contribution in [3.63, 3.8) is 0 Å². The van der Waals surface area contributed by atoms with Crippen molar-refractivity contribution in [1.29, 1.82) is 0 Å². The van der Waals surface area contributed by atoms with Gasteiger partial charge in [-0.1, -0.05) is 26.0 Å². The second-order valence-electron chi connectivity index (χ2n) is 5.72. The zero-order valence-corrected chi connectivity index (χ0v) is 14.0. The fraction of sp³-hybridized carbons (Fsp3) is 0.500. The van der Waals surface area contributed by atoms with Crippen molar-refractivity contribution in [2.75, 3.05) is 37.2 Å². The van der Waals surface area contributed by atoms with Gasteiger partial charge in [0.25, 0.3) is 0 Å². The number of unbranched alkanes of at least 4 members (excludes halogenated alkanes) is 1. The fourth-order valence-electron chi connectivity index (χ4n) is 2.77. The topological polar surface area (TPSA) is 54.2 Å². The van der Waals surface area contributed by atoms with Crippen molar-refractivity contribution in [1.82, 2.24) is 9.88 Å². The third-order valence-electron chi connectivity index (χ3n) is 4.12. The Hall–Kier alpha value is -1.81. The standard InChI is InChI=1S/C18H28N4/c1-4-22(5-2)12-7-6-11-20-18-15-9-8-10-17(19)16(15)13-14(3)21-18/h8-10,13H,4-7,11-12,19H2,1-3H3,(H,20,21). The van der Waals surface area contributed by atoms with E-state index >= 15 is 0 Å². The highest BCUT2D eigenvalue weighted by molar-refractivity contribution is 5.99. The first-order chi connectivity index (χ1) is 10.7. The molecule has 22 heavy (non-hydrogen) atoms. The van der Waals surface area contributed by atoms with Crippen molar-refractivity contribution < 1.29 is 0 Å². The molecule has 0 aliphatic heterocycles. The van der Waals surface area contributed by atoms with Gasteiger partial charge in [0, 0.05) is 28.7 Å². The second-order valence-corrected chi connectivity index (χ2v) is 5.72. The van der Waals surface area contributed by atoms with Crippen molar-refractivity contribution in [3.05, 3.63) is 30.0 Å². The summed E-state index contributed by atoms with van der Waals surface area (Å²) >= 11 is 0. The summed E-state index contributed by atoms with van der Waals surface area (Å²) in [5, 5.41) is 5.67. The molecular weight excluding hydrogens is 272 g/mol. The predicted octanol–water partition coefficient (Wildman–Crippen LogP) is 3.66. The van der Waals surface area contributed by atoms with E-state index in [1.807, 2.05) is 19.1 Å². The molecule has 0 fully saturated rings. The van der Waals surface area contributed by atoms with Gasteiger partial charge in [-0.25, -0.2) is 4.98 Å². The maximum Gasteiger partial charge on any atom is 0.134 e. The van der Waals surface area contributed by atoms with E-state index in [-0.39, 0.29) is 0 Å². The lowest BCUT2D eigenvalue weighted by molar-refractivity contribution is 0.298. The minimum Gasteiger partial charge on any atom is -0.398 e. The van der Waals surface area contributed by atoms with Gasteiger partial charge in [-0.15, -0.1) is 0 Å². The number of aryl methyl sites for hydroxylation is 1. The lowest BCUT2D eigenvalue weighted by Crippen LogP contribution is -2.24. The highest BCUT2D eigenvalue weighted by Crippen LogP contribution is 2.27. The summed E-state index contributed by atoms with van der Waals surface area (Å²) in [5.74, 6) is 0.949. The number of hydrogen-bond donors (Lipinski definition) is 2. The first-order valence-electron chi connectivity index (χ1n) is 8.27. The lowest BCUT2D eigenvalue weighted by Gasteiger charge is -2.17. The van der Waals surface area contributed by atoms with Gasteiger partial charge in [-0.05, 0) is 51.5 Å². The van der Waals surface area contributed by atoms with Crippen molar-refractivity contribution >= 4 is 22.3 Å². The van der Waals surface area contributed by atoms with E-state index in [1.54, 1.807) is 0 Å². The molecule has 0 radical (unpaired) electrons. The van der Waals surface area contributed by atoms with Gasteiger partial charge >= 0.3 is 0 Å². The van der Waals surface area contributed by atoms with Crippen LogP contribution in [0.3, 0.4) is 0 Å². The highest BCUT2D eigenvalue weighted by Gasteiger charge is 2.06. The van der Waals surface area contributed by atoms with Crippen LogP contribution in [0, 0.1) is 6.92 Å². The molecule has 0 aliphatic rings. The van der Waals surface area contributed by atoms with Gasteiger partial charge in [-0.2, -0.15) is 0 Å². The van der Waals surface area contributed by atoms with Crippen molar-refractivity contribution in [2.24, 2.45) is 0 Å². The molecule has 1 aromatic carbocycles. The van der Waals surface area contributed by atoms with E-state index in [2.05, 4.69) is 41.2 Å². The average molecular weight is 300 g/mol. The molecule has 0 spiro atoms. The van der Waals surface area contributed by atoms with E-state index < -0.39 is 0 Å². The second kappa shape index (κ2) is 7.99. The molecule has 4 heteroatoms. The first kappa shape index (κ1) is 16.6. The summed E-state index contributed by atoms with van der Waals surface area (Å²) in [4.78, 5) is 7.09. The van der Waals surface area contributed by atoms with Gasteiger partial charge in [0.1, 0.15) is 5.82 Å². The number of pyridine rings is 1. The Balaban J connectivity index is 1.96. The maximum atomic E-state index is 6.07. The molecule has 1 aromatic heterocycles. The normalized spacial score (nSPS) is 11.3. The van der Waals surface area contributed by atoms with Crippen LogP contribution >= 0.6 is 0 Å². The van der Waals surface area contributed by atoms with Crippen LogP contribution in [0.25, 0.3) is 10.8 Å². The Morgan fingerprint density at radius 3 is 2.64 bits per heavy atom. The molecule has 120 valence electrons. The van der Waals surface area contributed by atoms with Gasteiger partial charge in [0.2, 0.25) is 0 Å². The monoisotopic (exact) mass is 300 g/mol. The molecule has 0 saturated heterocycles. The molecular formula is C18H28N4.